The summed E-state index contributed by atoms with van der Waals surface area (Å²) in [4.78, 5) is 12.1. The maximum atomic E-state index is 12.1. The molecule has 4 nitrogen and oxygen atoms in total. The molecule has 0 spiro atoms. The number of nitrogens with two attached hydrogens (primary N) is 1. The van der Waals surface area contributed by atoms with Crippen LogP contribution in [0.4, 0.5) is 0 Å². The van der Waals surface area contributed by atoms with Crippen LogP contribution in [0.5, 0.6) is 0 Å². The van der Waals surface area contributed by atoms with Crippen molar-refractivity contribution in [1.29, 1.82) is 0 Å². The van der Waals surface area contributed by atoms with Crippen LogP contribution in [0.2, 0.25) is 5.02 Å². The van der Waals surface area contributed by atoms with Crippen LogP contribution in [0, 0.1) is 0 Å². The molecule has 1 fully saturated rings. The van der Waals surface area contributed by atoms with E-state index in [2.05, 4.69) is 5.32 Å². The standard InChI is InChI=1S/C13H17ClN2O2/c1-9(10-2-4-11(14)5-3-10)16-12(17)13(15)6-7-18-8-13/h2-5,9H,6-8,15H2,1H3,(H,16,17)/t9-,13?/m0/s1. The molecule has 2 atom stereocenters. The van der Waals surface area contributed by atoms with Crippen molar-refractivity contribution in [2.75, 3.05) is 13.2 Å². The van der Waals surface area contributed by atoms with Gasteiger partial charge in [-0.05, 0) is 31.0 Å². The molecule has 1 amide bonds. The first-order valence-electron chi connectivity index (χ1n) is 5.94. The zero-order chi connectivity index (χ0) is 13.2. The van der Waals surface area contributed by atoms with Gasteiger partial charge in [0, 0.05) is 11.6 Å². The summed E-state index contributed by atoms with van der Waals surface area (Å²) in [6, 6.07) is 7.28. The van der Waals surface area contributed by atoms with E-state index < -0.39 is 5.54 Å². The number of amides is 1. The van der Waals surface area contributed by atoms with E-state index in [1.807, 2.05) is 19.1 Å². The van der Waals surface area contributed by atoms with E-state index in [0.29, 0.717) is 18.1 Å². The minimum atomic E-state index is -0.888. The topological polar surface area (TPSA) is 64.4 Å². The summed E-state index contributed by atoms with van der Waals surface area (Å²) in [5.74, 6) is -0.164. The van der Waals surface area contributed by atoms with Gasteiger partial charge in [-0.25, -0.2) is 0 Å². The van der Waals surface area contributed by atoms with E-state index in [4.69, 9.17) is 22.1 Å². The molecule has 98 valence electrons. The zero-order valence-electron chi connectivity index (χ0n) is 10.3. The molecular weight excluding hydrogens is 252 g/mol. The molecule has 1 unspecified atom stereocenters. The molecule has 1 aliphatic rings. The van der Waals surface area contributed by atoms with Crippen LogP contribution in [-0.4, -0.2) is 24.7 Å². The molecule has 0 aromatic heterocycles. The third-order valence-electron chi connectivity index (χ3n) is 3.22. The van der Waals surface area contributed by atoms with Crippen molar-refractivity contribution < 1.29 is 9.53 Å². The number of hydrogen-bond acceptors (Lipinski definition) is 3. The van der Waals surface area contributed by atoms with Crippen molar-refractivity contribution in [3.63, 3.8) is 0 Å². The molecule has 0 bridgehead atoms. The number of rotatable bonds is 3. The molecule has 1 saturated heterocycles. The van der Waals surface area contributed by atoms with Crippen LogP contribution < -0.4 is 11.1 Å². The van der Waals surface area contributed by atoms with Crippen molar-refractivity contribution in [2.24, 2.45) is 5.73 Å². The summed E-state index contributed by atoms with van der Waals surface area (Å²) in [5, 5.41) is 3.59. The lowest BCUT2D eigenvalue weighted by atomic mass is 9.98. The van der Waals surface area contributed by atoms with Gasteiger partial charge in [-0.1, -0.05) is 23.7 Å². The van der Waals surface area contributed by atoms with Gasteiger partial charge in [-0.15, -0.1) is 0 Å². The first-order chi connectivity index (χ1) is 8.51. The molecule has 5 heteroatoms. The summed E-state index contributed by atoms with van der Waals surface area (Å²) in [6.07, 6.45) is 0.562. The molecule has 18 heavy (non-hydrogen) atoms. The molecule has 1 aliphatic heterocycles. The molecule has 0 saturated carbocycles. The molecule has 1 aromatic carbocycles. The Kier molecular flexibility index (Phi) is 3.90. The summed E-state index contributed by atoms with van der Waals surface area (Å²) in [7, 11) is 0. The molecule has 3 N–H and O–H groups in total. The van der Waals surface area contributed by atoms with Crippen LogP contribution in [0.3, 0.4) is 0 Å². The van der Waals surface area contributed by atoms with E-state index in [0.717, 1.165) is 5.56 Å². The Labute approximate surface area is 111 Å². The van der Waals surface area contributed by atoms with Gasteiger partial charge in [0.15, 0.2) is 0 Å². The van der Waals surface area contributed by atoms with Gasteiger partial charge in [0.1, 0.15) is 5.54 Å². The molecule has 2 rings (SSSR count). The SMILES string of the molecule is C[C@H](NC(=O)C1(N)CCOC1)c1ccc(Cl)cc1. The van der Waals surface area contributed by atoms with Crippen LogP contribution in [0.1, 0.15) is 24.9 Å². The van der Waals surface area contributed by atoms with Gasteiger partial charge in [0.2, 0.25) is 5.91 Å². The second kappa shape index (κ2) is 5.26. The average molecular weight is 269 g/mol. The van der Waals surface area contributed by atoms with E-state index in [1.165, 1.54) is 0 Å². The quantitative estimate of drug-likeness (QED) is 0.876. The molecule has 1 heterocycles. The highest BCUT2D eigenvalue weighted by molar-refractivity contribution is 6.30. The number of halogens is 1. The first-order valence-corrected chi connectivity index (χ1v) is 6.32. The Balaban J connectivity index is 2.00. The maximum absolute atomic E-state index is 12.1. The monoisotopic (exact) mass is 268 g/mol. The Bertz CT molecular complexity index is 427. The van der Waals surface area contributed by atoms with E-state index in [1.54, 1.807) is 12.1 Å². The highest BCUT2D eigenvalue weighted by Crippen LogP contribution is 2.19. The third-order valence-corrected chi connectivity index (χ3v) is 3.47. The van der Waals surface area contributed by atoms with E-state index >= 15 is 0 Å². The Morgan fingerprint density at radius 2 is 2.17 bits per heavy atom. The Morgan fingerprint density at radius 1 is 1.50 bits per heavy atom. The fraction of sp³-hybridized carbons (Fsp3) is 0.462. The number of nitrogens with one attached hydrogen (secondary N) is 1. The molecular formula is C13H17ClN2O2. The van der Waals surface area contributed by atoms with Gasteiger partial charge >= 0.3 is 0 Å². The number of ether oxygens (including phenoxy) is 1. The third kappa shape index (κ3) is 2.83. The van der Waals surface area contributed by atoms with Crippen LogP contribution in [0.25, 0.3) is 0 Å². The van der Waals surface area contributed by atoms with Crippen molar-refractivity contribution in [2.45, 2.75) is 24.9 Å². The summed E-state index contributed by atoms with van der Waals surface area (Å²) >= 11 is 5.82. The van der Waals surface area contributed by atoms with Gasteiger partial charge in [0.05, 0.1) is 12.6 Å². The lowest BCUT2D eigenvalue weighted by Gasteiger charge is -2.24. The van der Waals surface area contributed by atoms with Crippen molar-refractivity contribution in [3.05, 3.63) is 34.9 Å². The summed E-state index contributed by atoms with van der Waals surface area (Å²) in [5.41, 5.74) is 6.10. The van der Waals surface area contributed by atoms with E-state index in [-0.39, 0.29) is 18.6 Å². The second-order valence-corrected chi connectivity index (χ2v) is 5.14. The van der Waals surface area contributed by atoms with Crippen molar-refractivity contribution >= 4 is 17.5 Å². The fourth-order valence-corrected chi connectivity index (χ4v) is 2.06. The lowest BCUT2D eigenvalue weighted by molar-refractivity contribution is -0.127. The van der Waals surface area contributed by atoms with Crippen molar-refractivity contribution in [3.8, 4) is 0 Å². The first kappa shape index (κ1) is 13.3. The van der Waals surface area contributed by atoms with Crippen molar-refractivity contribution in [1.82, 2.24) is 5.32 Å². The second-order valence-electron chi connectivity index (χ2n) is 4.71. The maximum Gasteiger partial charge on any atom is 0.243 e. The molecule has 1 aromatic rings. The lowest BCUT2D eigenvalue weighted by Crippen LogP contribution is -2.54. The Hall–Kier alpha value is -1.10. The smallest absolute Gasteiger partial charge is 0.243 e. The van der Waals surface area contributed by atoms with Gasteiger partial charge in [-0.3, -0.25) is 4.79 Å². The highest BCUT2D eigenvalue weighted by atomic mass is 35.5. The number of carbonyl (C=O) groups is 1. The van der Waals surface area contributed by atoms with Gasteiger partial charge < -0.3 is 15.8 Å². The molecule has 0 radical (unpaired) electrons. The minimum Gasteiger partial charge on any atom is -0.379 e. The predicted octanol–water partition coefficient (Wildman–Crippen LogP) is 1.64. The largest absolute Gasteiger partial charge is 0.379 e. The number of carbonyl (C=O) groups excluding carboxylic acids is 1. The summed E-state index contributed by atoms with van der Waals surface area (Å²) in [6.45, 7) is 2.74. The highest BCUT2D eigenvalue weighted by Gasteiger charge is 2.38. The number of hydrogen-bond donors (Lipinski definition) is 2. The normalized spacial score (nSPS) is 24.8. The zero-order valence-corrected chi connectivity index (χ0v) is 11.0. The Morgan fingerprint density at radius 3 is 2.72 bits per heavy atom. The van der Waals surface area contributed by atoms with Crippen LogP contribution >= 0.6 is 11.6 Å². The van der Waals surface area contributed by atoms with Crippen LogP contribution in [-0.2, 0) is 9.53 Å². The fourth-order valence-electron chi connectivity index (χ4n) is 1.93. The van der Waals surface area contributed by atoms with Crippen LogP contribution in [0.15, 0.2) is 24.3 Å². The molecule has 0 aliphatic carbocycles. The minimum absolute atomic E-state index is 0.101. The predicted molar refractivity (Wildman–Crippen MR) is 70.4 cm³/mol. The van der Waals surface area contributed by atoms with E-state index in [9.17, 15) is 4.79 Å². The van der Waals surface area contributed by atoms with Gasteiger partial charge in [0.25, 0.3) is 0 Å². The average Bonchev–Trinajstić information content (AvgIpc) is 2.78. The van der Waals surface area contributed by atoms with Gasteiger partial charge in [-0.2, -0.15) is 0 Å². The summed E-state index contributed by atoms with van der Waals surface area (Å²) < 4.78 is 5.18. The number of benzene rings is 1.